The van der Waals surface area contributed by atoms with Gasteiger partial charge in [-0.2, -0.15) is 5.10 Å². The summed E-state index contributed by atoms with van der Waals surface area (Å²) in [7, 11) is 3.99. The third kappa shape index (κ3) is 4.39. The summed E-state index contributed by atoms with van der Waals surface area (Å²) in [5, 5.41) is 7.17. The number of benzene rings is 1. The number of nitrogens with one attached hydrogen (secondary N) is 1. The Balaban J connectivity index is 2.04. The van der Waals surface area contributed by atoms with Gasteiger partial charge in [0.25, 0.3) is 0 Å². The Labute approximate surface area is 136 Å². The van der Waals surface area contributed by atoms with Crippen molar-refractivity contribution < 1.29 is 9.18 Å². The maximum Gasteiger partial charge on any atom is 0.235 e. The van der Waals surface area contributed by atoms with Crippen LogP contribution in [0.15, 0.2) is 36.5 Å². The van der Waals surface area contributed by atoms with Gasteiger partial charge in [-0.1, -0.05) is 12.1 Å². The fourth-order valence-corrected chi connectivity index (χ4v) is 2.13. The molecule has 0 fully saturated rings. The van der Waals surface area contributed by atoms with Crippen LogP contribution in [0, 0.1) is 5.82 Å². The fraction of sp³-hybridized carbons (Fsp3) is 0.412. The van der Waals surface area contributed by atoms with Crippen molar-refractivity contribution in [2.75, 3.05) is 26.0 Å². The Morgan fingerprint density at radius 3 is 2.52 bits per heavy atom. The van der Waals surface area contributed by atoms with Crippen molar-refractivity contribution in [2.45, 2.75) is 25.8 Å². The summed E-state index contributed by atoms with van der Waals surface area (Å²) in [4.78, 5) is 14.6. The molecule has 0 saturated carbocycles. The summed E-state index contributed by atoms with van der Waals surface area (Å²) in [6.45, 7) is 5.23. The highest BCUT2D eigenvalue weighted by atomic mass is 19.1. The van der Waals surface area contributed by atoms with Crippen LogP contribution in [-0.2, 0) is 16.8 Å². The van der Waals surface area contributed by atoms with Crippen molar-refractivity contribution in [1.29, 1.82) is 0 Å². The predicted molar refractivity (Wildman–Crippen MR) is 88.8 cm³/mol. The van der Waals surface area contributed by atoms with Gasteiger partial charge in [-0.3, -0.25) is 9.48 Å². The van der Waals surface area contributed by atoms with E-state index >= 15 is 0 Å². The molecule has 2 rings (SSSR count). The zero-order valence-corrected chi connectivity index (χ0v) is 14.0. The lowest BCUT2D eigenvalue weighted by atomic mass is 9.84. The van der Waals surface area contributed by atoms with Crippen molar-refractivity contribution in [3.63, 3.8) is 0 Å². The monoisotopic (exact) mass is 318 g/mol. The van der Waals surface area contributed by atoms with Gasteiger partial charge in [0.1, 0.15) is 5.82 Å². The van der Waals surface area contributed by atoms with Gasteiger partial charge in [-0.15, -0.1) is 0 Å². The molecule has 2 aromatic rings. The average Bonchev–Trinajstić information content (AvgIpc) is 2.93. The van der Waals surface area contributed by atoms with Gasteiger partial charge in [-0.25, -0.2) is 4.39 Å². The first kappa shape index (κ1) is 17.1. The molecule has 0 spiro atoms. The minimum absolute atomic E-state index is 0.179. The van der Waals surface area contributed by atoms with E-state index in [1.54, 1.807) is 36.7 Å². The van der Waals surface area contributed by atoms with E-state index in [1.807, 2.05) is 20.3 Å². The summed E-state index contributed by atoms with van der Waals surface area (Å²) in [5.41, 5.74) is -0.0235. The first-order valence-electron chi connectivity index (χ1n) is 7.55. The maximum atomic E-state index is 13.0. The number of rotatable bonds is 6. The number of anilines is 1. The molecule has 0 aliphatic heterocycles. The maximum absolute atomic E-state index is 13.0. The van der Waals surface area contributed by atoms with Crippen LogP contribution in [0.1, 0.15) is 19.4 Å². The SMILES string of the molecule is CN(C)CCn1ccc(NC(=O)C(C)(C)c2ccc(F)cc2)n1. The second-order valence-corrected chi connectivity index (χ2v) is 6.35. The summed E-state index contributed by atoms with van der Waals surface area (Å²) < 4.78 is 14.8. The number of amides is 1. The Bertz CT molecular complexity index is 661. The van der Waals surface area contributed by atoms with Crippen LogP contribution in [0.25, 0.3) is 0 Å². The Morgan fingerprint density at radius 1 is 1.26 bits per heavy atom. The third-order valence-corrected chi connectivity index (χ3v) is 3.79. The van der Waals surface area contributed by atoms with Gasteiger partial charge < -0.3 is 10.2 Å². The molecule has 1 aromatic heterocycles. The number of nitrogens with zero attached hydrogens (tertiary/aromatic N) is 3. The normalized spacial score (nSPS) is 11.7. The van der Waals surface area contributed by atoms with Crippen LogP contribution in [0.2, 0.25) is 0 Å². The molecule has 0 bridgehead atoms. The first-order valence-corrected chi connectivity index (χ1v) is 7.55. The second-order valence-electron chi connectivity index (χ2n) is 6.35. The van der Waals surface area contributed by atoms with Crippen LogP contribution in [0.4, 0.5) is 10.2 Å². The Morgan fingerprint density at radius 2 is 1.91 bits per heavy atom. The molecule has 5 nitrogen and oxygen atoms in total. The summed E-state index contributed by atoms with van der Waals surface area (Å²) in [5.74, 6) is 0.0236. The average molecular weight is 318 g/mol. The molecule has 0 aliphatic rings. The highest BCUT2D eigenvalue weighted by Crippen LogP contribution is 2.25. The molecule has 1 N–H and O–H groups in total. The van der Waals surface area contributed by atoms with E-state index in [4.69, 9.17) is 0 Å². The molecule has 124 valence electrons. The minimum Gasteiger partial charge on any atom is -0.308 e. The van der Waals surface area contributed by atoms with Crippen LogP contribution >= 0.6 is 0 Å². The molecular formula is C17H23FN4O. The predicted octanol–water partition coefficient (Wildman–Crippen LogP) is 2.50. The molecule has 1 amide bonds. The number of likely N-dealkylation sites (N-methyl/N-ethyl adjacent to an activating group) is 1. The lowest BCUT2D eigenvalue weighted by molar-refractivity contribution is -0.120. The first-order chi connectivity index (χ1) is 10.8. The minimum atomic E-state index is -0.777. The summed E-state index contributed by atoms with van der Waals surface area (Å²) in [6, 6.07) is 7.75. The number of halogens is 1. The van der Waals surface area contributed by atoms with Gasteiger partial charge in [0.05, 0.1) is 12.0 Å². The number of aromatic nitrogens is 2. The van der Waals surface area contributed by atoms with E-state index in [-0.39, 0.29) is 11.7 Å². The van der Waals surface area contributed by atoms with E-state index in [0.29, 0.717) is 5.82 Å². The number of carbonyl (C=O) groups excluding carboxylic acids is 1. The molecule has 1 aromatic carbocycles. The van der Waals surface area contributed by atoms with Crippen molar-refractivity contribution in [3.8, 4) is 0 Å². The smallest absolute Gasteiger partial charge is 0.235 e. The number of hydrogen-bond acceptors (Lipinski definition) is 3. The van der Waals surface area contributed by atoms with E-state index in [0.717, 1.165) is 18.7 Å². The zero-order valence-electron chi connectivity index (χ0n) is 14.0. The zero-order chi connectivity index (χ0) is 17.0. The van der Waals surface area contributed by atoms with Gasteiger partial charge in [0.2, 0.25) is 5.91 Å². The van der Waals surface area contributed by atoms with E-state index < -0.39 is 5.41 Å². The largest absolute Gasteiger partial charge is 0.308 e. The van der Waals surface area contributed by atoms with Crippen LogP contribution in [-0.4, -0.2) is 41.2 Å². The fourth-order valence-electron chi connectivity index (χ4n) is 2.13. The molecular weight excluding hydrogens is 295 g/mol. The van der Waals surface area contributed by atoms with Gasteiger partial charge >= 0.3 is 0 Å². The summed E-state index contributed by atoms with van der Waals surface area (Å²) >= 11 is 0. The van der Waals surface area contributed by atoms with E-state index in [1.165, 1.54) is 12.1 Å². The molecule has 23 heavy (non-hydrogen) atoms. The van der Waals surface area contributed by atoms with Gasteiger partial charge in [-0.05, 0) is 45.6 Å². The quantitative estimate of drug-likeness (QED) is 0.890. The summed E-state index contributed by atoms with van der Waals surface area (Å²) in [6.07, 6.45) is 1.84. The highest BCUT2D eigenvalue weighted by Gasteiger charge is 2.30. The molecule has 6 heteroatoms. The highest BCUT2D eigenvalue weighted by molar-refractivity contribution is 5.97. The number of hydrogen-bond donors (Lipinski definition) is 1. The second kappa shape index (κ2) is 6.91. The van der Waals surface area contributed by atoms with Gasteiger partial charge in [0.15, 0.2) is 5.82 Å². The van der Waals surface area contributed by atoms with Crippen molar-refractivity contribution in [2.24, 2.45) is 0 Å². The Kier molecular flexibility index (Phi) is 5.15. The van der Waals surface area contributed by atoms with E-state index in [9.17, 15) is 9.18 Å². The number of carbonyl (C=O) groups is 1. The topological polar surface area (TPSA) is 50.2 Å². The molecule has 0 aliphatic carbocycles. The van der Waals surface area contributed by atoms with Crippen LogP contribution in [0.3, 0.4) is 0 Å². The van der Waals surface area contributed by atoms with E-state index in [2.05, 4.69) is 15.3 Å². The standard InChI is InChI=1S/C17H23FN4O/c1-17(2,13-5-7-14(18)8-6-13)16(23)19-15-9-10-22(20-15)12-11-21(3)4/h5-10H,11-12H2,1-4H3,(H,19,20,23). The molecule has 1 heterocycles. The van der Waals surface area contributed by atoms with Crippen molar-refractivity contribution >= 4 is 11.7 Å². The lowest BCUT2D eigenvalue weighted by Crippen LogP contribution is -2.34. The van der Waals surface area contributed by atoms with Crippen molar-refractivity contribution in [1.82, 2.24) is 14.7 Å². The van der Waals surface area contributed by atoms with Gasteiger partial charge in [0, 0.05) is 18.8 Å². The van der Waals surface area contributed by atoms with Crippen LogP contribution < -0.4 is 5.32 Å². The van der Waals surface area contributed by atoms with Crippen molar-refractivity contribution in [3.05, 3.63) is 47.9 Å². The molecule has 0 saturated heterocycles. The molecule has 0 unspecified atom stereocenters. The third-order valence-electron chi connectivity index (χ3n) is 3.79. The van der Waals surface area contributed by atoms with Crippen LogP contribution in [0.5, 0.6) is 0 Å². The molecule has 0 radical (unpaired) electrons. The Hall–Kier alpha value is -2.21. The molecule has 0 atom stereocenters. The lowest BCUT2D eigenvalue weighted by Gasteiger charge is -2.23.